The summed E-state index contributed by atoms with van der Waals surface area (Å²) >= 11 is 0. The highest BCUT2D eigenvalue weighted by Crippen LogP contribution is 1.93. The average Bonchev–Trinajstić information content (AvgIpc) is 2.77. The number of H-pyrrole nitrogens is 1. The zero-order chi connectivity index (χ0) is 11.8. The van der Waals surface area contributed by atoms with Gasteiger partial charge in [-0.2, -0.15) is 5.10 Å². The Hall–Kier alpha value is -1.92. The number of hydrogen-bond donors (Lipinski definition) is 2. The van der Waals surface area contributed by atoms with Crippen molar-refractivity contribution in [3.8, 4) is 0 Å². The number of nitrogens with one attached hydrogen (secondary N) is 2. The Morgan fingerprint density at radius 3 is 2.94 bits per heavy atom. The maximum atomic E-state index is 11.3. The maximum Gasteiger partial charge on any atom is 0.306 e. The van der Waals surface area contributed by atoms with Gasteiger partial charge in [0, 0.05) is 6.42 Å². The van der Waals surface area contributed by atoms with Crippen molar-refractivity contribution in [1.82, 2.24) is 20.5 Å². The van der Waals surface area contributed by atoms with Crippen molar-refractivity contribution >= 4 is 11.9 Å². The van der Waals surface area contributed by atoms with Crippen LogP contribution in [-0.2, 0) is 20.9 Å². The molecule has 1 heterocycles. The van der Waals surface area contributed by atoms with Gasteiger partial charge in [-0.15, -0.1) is 0 Å². The topological polar surface area (TPSA) is 97.0 Å². The molecule has 1 aromatic rings. The molecule has 0 aromatic carbocycles. The fourth-order valence-electron chi connectivity index (χ4n) is 1.04. The van der Waals surface area contributed by atoms with Gasteiger partial charge in [0.05, 0.1) is 19.6 Å². The van der Waals surface area contributed by atoms with E-state index in [4.69, 9.17) is 4.74 Å². The molecule has 0 spiro atoms. The Labute approximate surface area is 92.6 Å². The van der Waals surface area contributed by atoms with Crippen molar-refractivity contribution in [2.24, 2.45) is 0 Å². The quantitative estimate of drug-likeness (QED) is 0.653. The molecular formula is C9H14N4O3. The zero-order valence-corrected chi connectivity index (χ0v) is 9.02. The summed E-state index contributed by atoms with van der Waals surface area (Å²) in [5.74, 6) is -0.00810. The van der Waals surface area contributed by atoms with Crippen LogP contribution in [0, 0.1) is 0 Å². The van der Waals surface area contributed by atoms with E-state index in [-0.39, 0.29) is 31.3 Å². The number of aromatic amines is 1. The number of rotatable bonds is 6. The second-order valence-corrected chi connectivity index (χ2v) is 3.01. The van der Waals surface area contributed by atoms with Crippen molar-refractivity contribution in [2.45, 2.75) is 26.3 Å². The van der Waals surface area contributed by atoms with E-state index in [1.54, 1.807) is 6.92 Å². The predicted octanol–water partition coefficient (Wildman–Crippen LogP) is -0.236. The summed E-state index contributed by atoms with van der Waals surface area (Å²) in [5.41, 5.74) is 0. The third kappa shape index (κ3) is 4.54. The molecule has 0 aliphatic rings. The van der Waals surface area contributed by atoms with E-state index in [0.29, 0.717) is 12.4 Å². The van der Waals surface area contributed by atoms with Crippen LogP contribution in [0.4, 0.5) is 0 Å². The second-order valence-electron chi connectivity index (χ2n) is 3.01. The Balaban J connectivity index is 2.14. The summed E-state index contributed by atoms with van der Waals surface area (Å²) in [7, 11) is 0. The fraction of sp³-hybridized carbons (Fsp3) is 0.556. The molecule has 1 aromatic heterocycles. The first kappa shape index (κ1) is 12.2. The minimum atomic E-state index is -0.364. The molecular weight excluding hydrogens is 212 g/mol. The third-order valence-electron chi connectivity index (χ3n) is 1.78. The van der Waals surface area contributed by atoms with Gasteiger partial charge in [-0.05, 0) is 6.92 Å². The molecule has 88 valence electrons. The molecule has 0 saturated carbocycles. The van der Waals surface area contributed by atoms with Gasteiger partial charge < -0.3 is 10.1 Å². The third-order valence-corrected chi connectivity index (χ3v) is 1.78. The van der Waals surface area contributed by atoms with Gasteiger partial charge in [0.25, 0.3) is 0 Å². The van der Waals surface area contributed by atoms with Gasteiger partial charge in [0.15, 0.2) is 0 Å². The van der Waals surface area contributed by atoms with Crippen LogP contribution < -0.4 is 5.32 Å². The smallest absolute Gasteiger partial charge is 0.306 e. The molecule has 16 heavy (non-hydrogen) atoms. The summed E-state index contributed by atoms with van der Waals surface area (Å²) in [6.45, 7) is 2.34. The number of esters is 1. The highest BCUT2D eigenvalue weighted by molar-refractivity contribution is 5.81. The Bertz CT molecular complexity index is 337. The molecule has 1 rings (SSSR count). The molecule has 7 heteroatoms. The summed E-state index contributed by atoms with van der Waals surface area (Å²) in [4.78, 5) is 26.1. The van der Waals surface area contributed by atoms with E-state index in [0.717, 1.165) is 0 Å². The van der Waals surface area contributed by atoms with Gasteiger partial charge in [0.1, 0.15) is 12.2 Å². The number of hydrogen-bond acceptors (Lipinski definition) is 5. The summed E-state index contributed by atoms with van der Waals surface area (Å²) in [6, 6.07) is 0. The SMILES string of the molecule is CCOC(=O)CCC(=O)NCc1ncn[nH]1. The number of nitrogens with zero attached hydrogens (tertiary/aromatic N) is 2. The largest absolute Gasteiger partial charge is 0.466 e. The molecule has 0 saturated heterocycles. The Morgan fingerprint density at radius 1 is 1.50 bits per heavy atom. The first-order valence-electron chi connectivity index (χ1n) is 4.99. The number of amides is 1. The predicted molar refractivity (Wildman–Crippen MR) is 54.1 cm³/mol. The Morgan fingerprint density at radius 2 is 2.31 bits per heavy atom. The molecule has 1 amide bonds. The molecule has 7 nitrogen and oxygen atoms in total. The Kier molecular flexibility index (Phi) is 4.97. The van der Waals surface area contributed by atoms with Crippen LogP contribution in [0.15, 0.2) is 6.33 Å². The molecule has 0 fully saturated rings. The lowest BCUT2D eigenvalue weighted by atomic mass is 10.3. The number of ether oxygens (including phenoxy) is 1. The highest BCUT2D eigenvalue weighted by atomic mass is 16.5. The summed E-state index contributed by atoms with van der Waals surface area (Å²) < 4.78 is 4.70. The van der Waals surface area contributed by atoms with E-state index < -0.39 is 0 Å². The number of carbonyl (C=O) groups is 2. The molecule has 0 aliphatic carbocycles. The molecule has 0 atom stereocenters. The molecule has 2 N–H and O–H groups in total. The van der Waals surface area contributed by atoms with Crippen LogP contribution in [0.5, 0.6) is 0 Å². The van der Waals surface area contributed by atoms with Crippen molar-refractivity contribution in [3.05, 3.63) is 12.2 Å². The monoisotopic (exact) mass is 226 g/mol. The molecule has 0 radical (unpaired) electrons. The highest BCUT2D eigenvalue weighted by Gasteiger charge is 2.07. The first-order chi connectivity index (χ1) is 7.72. The van der Waals surface area contributed by atoms with Crippen LogP contribution in [0.2, 0.25) is 0 Å². The van der Waals surface area contributed by atoms with E-state index >= 15 is 0 Å². The standard InChI is InChI=1S/C9H14N4O3/c1-2-16-9(15)4-3-8(14)10-5-7-11-6-12-13-7/h6H,2-5H2,1H3,(H,10,14)(H,11,12,13). The lowest BCUT2D eigenvalue weighted by Crippen LogP contribution is -2.24. The summed E-state index contributed by atoms with van der Waals surface area (Å²) in [6.07, 6.45) is 1.57. The van der Waals surface area contributed by atoms with E-state index in [1.807, 2.05) is 0 Å². The average molecular weight is 226 g/mol. The van der Waals surface area contributed by atoms with E-state index in [2.05, 4.69) is 20.5 Å². The zero-order valence-electron chi connectivity index (χ0n) is 9.02. The number of carbonyl (C=O) groups excluding carboxylic acids is 2. The lowest BCUT2D eigenvalue weighted by Gasteiger charge is -2.03. The fourth-order valence-corrected chi connectivity index (χ4v) is 1.04. The minimum Gasteiger partial charge on any atom is -0.466 e. The minimum absolute atomic E-state index is 0.0933. The van der Waals surface area contributed by atoms with Crippen LogP contribution in [0.25, 0.3) is 0 Å². The van der Waals surface area contributed by atoms with Crippen LogP contribution in [0.3, 0.4) is 0 Å². The summed E-state index contributed by atoms with van der Waals surface area (Å²) in [5, 5.41) is 8.85. The molecule has 0 aliphatic heterocycles. The van der Waals surface area contributed by atoms with Crippen molar-refractivity contribution in [1.29, 1.82) is 0 Å². The lowest BCUT2D eigenvalue weighted by molar-refractivity contribution is -0.144. The normalized spacial score (nSPS) is 9.81. The van der Waals surface area contributed by atoms with Crippen LogP contribution in [-0.4, -0.2) is 33.7 Å². The van der Waals surface area contributed by atoms with Crippen LogP contribution >= 0.6 is 0 Å². The molecule has 0 unspecified atom stereocenters. The van der Waals surface area contributed by atoms with Gasteiger partial charge in [0.2, 0.25) is 5.91 Å². The van der Waals surface area contributed by atoms with Gasteiger partial charge in [-0.3, -0.25) is 14.7 Å². The van der Waals surface area contributed by atoms with E-state index in [9.17, 15) is 9.59 Å². The van der Waals surface area contributed by atoms with Crippen LogP contribution in [0.1, 0.15) is 25.6 Å². The van der Waals surface area contributed by atoms with Crippen molar-refractivity contribution in [3.63, 3.8) is 0 Å². The maximum absolute atomic E-state index is 11.3. The van der Waals surface area contributed by atoms with Crippen molar-refractivity contribution in [2.75, 3.05) is 6.61 Å². The van der Waals surface area contributed by atoms with Gasteiger partial charge >= 0.3 is 5.97 Å². The van der Waals surface area contributed by atoms with Gasteiger partial charge in [-0.25, -0.2) is 4.98 Å². The number of aromatic nitrogens is 3. The van der Waals surface area contributed by atoms with E-state index in [1.165, 1.54) is 6.33 Å². The van der Waals surface area contributed by atoms with Gasteiger partial charge in [-0.1, -0.05) is 0 Å². The second kappa shape index (κ2) is 6.54. The van der Waals surface area contributed by atoms with Crippen molar-refractivity contribution < 1.29 is 14.3 Å². The molecule has 0 bridgehead atoms. The first-order valence-corrected chi connectivity index (χ1v) is 4.99.